The van der Waals surface area contributed by atoms with Crippen molar-refractivity contribution in [1.82, 2.24) is 4.90 Å². The molecule has 6 heteroatoms. The fourth-order valence-corrected chi connectivity index (χ4v) is 3.86. The van der Waals surface area contributed by atoms with E-state index in [-0.39, 0.29) is 18.4 Å². The number of anilines is 1. The van der Waals surface area contributed by atoms with Crippen molar-refractivity contribution in [1.29, 1.82) is 0 Å². The van der Waals surface area contributed by atoms with Gasteiger partial charge in [0.15, 0.2) is 0 Å². The molecular formula is C16H21ClN2O2S. The average Bonchev–Trinajstić information content (AvgIpc) is 3.00. The van der Waals surface area contributed by atoms with Gasteiger partial charge >= 0.3 is 0 Å². The maximum Gasteiger partial charge on any atom is 0.244 e. The lowest BCUT2D eigenvalue weighted by Gasteiger charge is -2.18. The van der Waals surface area contributed by atoms with E-state index in [1.807, 2.05) is 0 Å². The van der Waals surface area contributed by atoms with Crippen LogP contribution < -0.4 is 5.32 Å². The number of likely N-dealkylation sites (N-methyl/N-ethyl adjacent to an activating group) is 1. The van der Waals surface area contributed by atoms with Crippen molar-refractivity contribution < 1.29 is 9.59 Å². The number of hydrogen-bond acceptors (Lipinski definition) is 3. The van der Waals surface area contributed by atoms with Crippen molar-refractivity contribution >= 4 is 40.9 Å². The van der Waals surface area contributed by atoms with Crippen molar-refractivity contribution in [2.24, 2.45) is 0 Å². The average molecular weight is 341 g/mol. The van der Waals surface area contributed by atoms with Gasteiger partial charge in [-0.05, 0) is 25.0 Å². The van der Waals surface area contributed by atoms with E-state index >= 15 is 0 Å². The van der Waals surface area contributed by atoms with Crippen molar-refractivity contribution in [3.05, 3.63) is 29.3 Å². The molecule has 0 spiro atoms. The molecule has 120 valence electrons. The molecule has 1 N–H and O–H groups in total. The molecular weight excluding hydrogens is 320 g/mol. The van der Waals surface area contributed by atoms with Crippen LogP contribution in [0.5, 0.6) is 0 Å². The maximum absolute atomic E-state index is 12.1. The van der Waals surface area contributed by atoms with Gasteiger partial charge in [-0.2, -0.15) is 0 Å². The number of carbonyl (C=O) groups is 2. The molecule has 0 aromatic heterocycles. The predicted octanol–water partition coefficient (Wildman–Crippen LogP) is 3.41. The van der Waals surface area contributed by atoms with E-state index < -0.39 is 0 Å². The Morgan fingerprint density at radius 1 is 1.32 bits per heavy atom. The van der Waals surface area contributed by atoms with E-state index in [0.29, 0.717) is 21.7 Å². The highest BCUT2D eigenvalue weighted by Crippen LogP contribution is 2.29. The summed E-state index contributed by atoms with van der Waals surface area (Å²) in [7, 11) is 1.66. The zero-order valence-electron chi connectivity index (χ0n) is 12.7. The fraction of sp³-hybridized carbons (Fsp3) is 0.500. The number of halogens is 1. The third-order valence-electron chi connectivity index (χ3n) is 3.70. The van der Waals surface area contributed by atoms with Crippen LogP contribution in [0.15, 0.2) is 24.3 Å². The Labute approximate surface area is 140 Å². The van der Waals surface area contributed by atoms with Crippen LogP contribution in [0.25, 0.3) is 0 Å². The smallest absolute Gasteiger partial charge is 0.244 e. The molecule has 0 unspecified atom stereocenters. The van der Waals surface area contributed by atoms with Crippen LogP contribution >= 0.6 is 23.4 Å². The van der Waals surface area contributed by atoms with Crippen molar-refractivity contribution in [2.45, 2.75) is 30.9 Å². The summed E-state index contributed by atoms with van der Waals surface area (Å²) in [6, 6.07) is 7.05. The van der Waals surface area contributed by atoms with E-state index in [2.05, 4.69) is 5.32 Å². The van der Waals surface area contributed by atoms with Crippen LogP contribution in [0.2, 0.25) is 5.02 Å². The lowest BCUT2D eigenvalue weighted by molar-refractivity contribution is -0.131. The van der Waals surface area contributed by atoms with Crippen molar-refractivity contribution in [2.75, 3.05) is 24.7 Å². The zero-order valence-corrected chi connectivity index (χ0v) is 14.3. The highest BCUT2D eigenvalue weighted by atomic mass is 35.5. The third-order valence-corrected chi connectivity index (χ3v) is 5.39. The molecule has 1 aliphatic rings. The van der Waals surface area contributed by atoms with Gasteiger partial charge < -0.3 is 10.2 Å². The monoisotopic (exact) mass is 340 g/mol. The minimum Gasteiger partial charge on any atom is -0.336 e. The van der Waals surface area contributed by atoms with E-state index in [1.54, 1.807) is 43.1 Å². The molecule has 4 nitrogen and oxygen atoms in total. The summed E-state index contributed by atoms with van der Waals surface area (Å²) in [5.41, 5.74) is 0.565. The Hall–Kier alpha value is -1.20. The van der Waals surface area contributed by atoms with Gasteiger partial charge in [0.25, 0.3) is 0 Å². The van der Waals surface area contributed by atoms with Gasteiger partial charge in [0.05, 0.1) is 23.0 Å². The number of benzene rings is 1. The van der Waals surface area contributed by atoms with E-state index in [9.17, 15) is 9.59 Å². The second-order valence-corrected chi connectivity index (χ2v) is 7.19. The normalized spacial score (nSPS) is 14.8. The standard InChI is InChI=1S/C16H21ClN2O2S/c1-19(16(21)11-22-12-6-2-3-7-12)10-15(20)18-14-9-5-4-8-13(14)17/h4-5,8-9,12H,2-3,6-7,10-11H2,1H3,(H,18,20). The lowest BCUT2D eigenvalue weighted by atomic mass is 10.3. The topological polar surface area (TPSA) is 49.4 Å². The van der Waals surface area contributed by atoms with Gasteiger partial charge in [-0.3, -0.25) is 9.59 Å². The summed E-state index contributed by atoms with van der Waals surface area (Å²) >= 11 is 7.70. The van der Waals surface area contributed by atoms with Crippen LogP contribution in [0, 0.1) is 0 Å². The second kappa shape index (κ2) is 8.44. The number of thioether (sulfide) groups is 1. The highest BCUT2D eigenvalue weighted by molar-refractivity contribution is 8.00. The minimum absolute atomic E-state index is 0.00814. The summed E-state index contributed by atoms with van der Waals surface area (Å²) in [6.07, 6.45) is 4.94. The Bertz CT molecular complexity index is 533. The molecule has 1 aliphatic carbocycles. The summed E-state index contributed by atoms with van der Waals surface area (Å²) in [5.74, 6) is 0.196. The largest absolute Gasteiger partial charge is 0.336 e. The molecule has 1 aromatic carbocycles. The highest BCUT2D eigenvalue weighted by Gasteiger charge is 2.19. The van der Waals surface area contributed by atoms with Gasteiger partial charge in [0.1, 0.15) is 0 Å². The first-order valence-electron chi connectivity index (χ1n) is 7.46. The molecule has 0 atom stereocenters. The van der Waals surface area contributed by atoms with E-state index in [4.69, 9.17) is 11.6 Å². The van der Waals surface area contributed by atoms with Crippen LogP contribution in [0.3, 0.4) is 0 Å². The number of amides is 2. The molecule has 0 radical (unpaired) electrons. The molecule has 0 saturated heterocycles. The maximum atomic E-state index is 12.1. The third kappa shape index (κ3) is 5.21. The predicted molar refractivity (Wildman–Crippen MR) is 92.4 cm³/mol. The van der Waals surface area contributed by atoms with Gasteiger partial charge in [-0.15, -0.1) is 11.8 Å². The summed E-state index contributed by atoms with van der Waals surface area (Å²) in [6.45, 7) is 0.0370. The second-order valence-electron chi connectivity index (χ2n) is 5.50. The Balaban J connectivity index is 1.75. The first kappa shape index (κ1) is 17.2. The van der Waals surface area contributed by atoms with Gasteiger partial charge in [0, 0.05) is 12.3 Å². The summed E-state index contributed by atoms with van der Waals surface area (Å²) in [5, 5.41) is 3.82. The fourth-order valence-electron chi connectivity index (χ4n) is 2.41. The minimum atomic E-state index is -0.241. The first-order chi connectivity index (χ1) is 10.6. The molecule has 2 amide bonds. The quantitative estimate of drug-likeness (QED) is 0.863. The molecule has 0 aliphatic heterocycles. The van der Waals surface area contributed by atoms with Gasteiger partial charge in [0.2, 0.25) is 11.8 Å². The molecule has 1 fully saturated rings. The Morgan fingerprint density at radius 2 is 2.00 bits per heavy atom. The van der Waals surface area contributed by atoms with E-state index in [1.165, 1.54) is 30.6 Å². The zero-order chi connectivity index (χ0) is 15.9. The van der Waals surface area contributed by atoms with E-state index in [0.717, 1.165) is 0 Å². The molecule has 0 heterocycles. The van der Waals surface area contributed by atoms with Crippen molar-refractivity contribution in [3.8, 4) is 0 Å². The lowest BCUT2D eigenvalue weighted by Crippen LogP contribution is -2.36. The summed E-state index contributed by atoms with van der Waals surface area (Å²) < 4.78 is 0. The number of hydrogen-bond donors (Lipinski definition) is 1. The molecule has 22 heavy (non-hydrogen) atoms. The number of nitrogens with zero attached hydrogens (tertiary/aromatic N) is 1. The van der Waals surface area contributed by atoms with Crippen molar-refractivity contribution in [3.63, 3.8) is 0 Å². The number of nitrogens with one attached hydrogen (secondary N) is 1. The first-order valence-corrected chi connectivity index (χ1v) is 8.89. The number of carbonyl (C=O) groups excluding carboxylic acids is 2. The number of para-hydroxylation sites is 1. The summed E-state index contributed by atoms with van der Waals surface area (Å²) in [4.78, 5) is 25.5. The SMILES string of the molecule is CN(CC(=O)Nc1ccccc1Cl)C(=O)CSC1CCCC1. The van der Waals surface area contributed by atoms with Gasteiger partial charge in [-0.1, -0.05) is 36.6 Å². The van der Waals surface area contributed by atoms with Crippen LogP contribution in [0.4, 0.5) is 5.69 Å². The molecule has 1 aromatic rings. The Kier molecular flexibility index (Phi) is 6.58. The molecule has 1 saturated carbocycles. The number of rotatable bonds is 6. The Morgan fingerprint density at radius 3 is 2.68 bits per heavy atom. The van der Waals surface area contributed by atoms with Crippen LogP contribution in [0.1, 0.15) is 25.7 Å². The van der Waals surface area contributed by atoms with Gasteiger partial charge in [-0.25, -0.2) is 0 Å². The molecule has 2 rings (SSSR count). The van der Waals surface area contributed by atoms with Crippen LogP contribution in [-0.2, 0) is 9.59 Å². The van der Waals surface area contributed by atoms with Crippen LogP contribution in [-0.4, -0.2) is 41.3 Å². The molecule has 0 bridgehead atoms.